The predicted octanol–water partition coefficient (Wildman–Crippen LogP) is 1.05. The number of hydrogen-bond donors (Lipinski definition) is 1. The number of aliphatic hydroxyl groups is 1. The lowest BCUT2D eigenvalue weighted by Crippen LogP contribution is -2.39. The third-order valence-corrected chi connectivity index (χ3v) is 5.14. The van der Waals surface area contributed by atoms with Gasteiger partial charge in [-0.1, -0.05) is 18.5 Å². The SMILES string of the molecule is CCC[C@@H](C)N1C[C@@H](C(=O)N2C[C@H](O)C[C@@H]2c2nc(C)no2)CC1=O. The number of carbonyl (C=O) groups excluding carboxylic acids is 2. The summed E-state index contributed by atoms with van der Waals surface area (Å²) in [6.07, 6.45) is 1.92. The van der Waals surface area contributed by atoms with Crippen LogP contribution in [0, 0.1) is 12.8 Å². The molecule has 3 rings (SSSR count). The molecule has 4 atom stereocenters. The van der Waals surface area contributed by atoms with Gasteiger partial charge in [0.1, 0.15) is 6.04 Å². The minimum Gasteiger partial charge on any atom is -0.391 e. The number of nitrogens with zero attached hydrogens (tertiary/aromatic N) is 4. The Bertz CT molecular complexity index is 646. The van der Waals surface area contributed by atoms with Crippen molar-refractivity contribution in [1.82, 2.24) is 19.9 Å². The predicted molar refractivity (Wildman–Crippen MR) is 88.3 cm³/mol. The average Bonchev–Trinajstić information content (AvgIpc) is 3.25. The number of hydrogen-bond acceptors (Lipinski definition) is 6. The summed E-state index contributed by atoms with van der Waals surface area (Å²) < 4.78 is 5.21. The monoisotopic (exact) mass is 350 g/mol. The van der Waals surface area contributed by atoms with Gasteiger partial charge in [-0.15, -0.1) is 0 Å². The van der Waals surface area contributed by atoms with Crippen LogP contribution < -0.4 is 0 Å². The Labute approximate surface area is 147 Å². The van der Waals surface area contributed by atoms with Crippen molar-refractivity contribution >= 4 is 11.8 Å². The summed E-state index contributed by atoms with van der Waals surface area (Å²) in [6, 6.07) is -0.269. The zero-order valence-corrected chi connectivity index (χ0v) is 15.0. The summed E-state index contributed by atoms with van der Waals surface area (Å²) in [7, 11) is 0. The standard InChI is InChI=1S/C17H26N4O4/c1-4-5-10(2)20-8-12(6-15(20)23)17(24)21-9-13(22)7-14(21)16-18-11(3)19-25-16/h10,12-14,22H,4-9H2,1-3H3/t10-,12+,13-,14-/m1/s1. The molecule has 8 heteroatoms. The largest absolute Gasteiger partial charge is 0.391 e. The highest BCUT2D eigenvalue weighted by atomic mass is 16.5. The van der Waals surface area contributed by atoms with E-state index in [0.29, 0.717) is 24.7 Å². The minimum atomic E-state index is -0.617. The zero-order chi connectivity index (χ0) is 18.1. The highest BCUT2D eigenvalue weighted by Gasteiger charge is 2.44. The van der Waals surface area contributed by atoms with Crippen LogP contribution in [0.1, 0.15) is 57.3 Å². The van der Waals surface area contributed by atoms with Crippen molar-refractivity contribution in [2.24, 2.45) is 5.92 Å². The van der Waals surface area contributed by atoms with Gasteiger partial charge >= 0.3 is 0 Å². The summed E-state index contributed by atoms with van der Waals surface area (Å²) in [6.45, 7) is 6.51. The quantitative estimate of drug-likeness (QED) is 0.852. The second-order valence-corrected chi connectivity index (χ2v) is 7.16. The Hall–Kier alpha value is -1.96. The molecule has 138 valence electrons. The van der Waals surface area contributed by atoms with E-state index in [4.69, 9.17) is 4.52 Å². The molecule has 3 heterocycles. The van der Waals surface area contributed by atoms with Gasteiger partial charge in [-0.3, -0.25) is 9.59 Å². The number of carbonyl (C=O) groups is 2. The van der Waals surface area contributed by atoms with Crippen LogP contribution >= 0.6 is 0 Å². The number of β-amino-alcohol motifs (C(OH)–C–C–N with tert-alkyl or cyclic N) is 1. The molecule has 0 bridgehead atoms. The fourth-order valence-electron chi connectivity index (χ4n) is 3.87. The lowest BCUT2D eigenvalue weighted by molar-refractivity contribution is -0.137. The molecule has 1 aromatic heterocycles. The van der Waals surface area contributed by atoms with Crippen molar-refractivity contribution in [1.29, 1.82) is 0 Å². The number of amides is 2. The van der Waals surface area contributed by atoms with Crippen LogP contribution in [0.2, 0.25) is 0 Å². The molecule has 0 spiro atoms. The molecular weight excluding hydrogens is 324 g/mol. The van der Waals surface area contributed by atoms with Crippen LogP contribution in [0.5, 0.6) is 0 Å². The average molecular weight is 350 g/mol. The van der Waals surface area contributed by atoms with Crippen LogP contribution in [0.25, 0.3) is 0 Å². The van der Waals surface area contributed by atoms with Gasteiger partial charge in [0.25, 0.3) is 0 Å². The van der Waals surface area contributed by atoms with Crippen molar-refractivity contribution in [3.8, 4) is 0 Å². The van der Waals surface area contributed by atoms with Crippen LogP contribution in [0.15, 0.2) is 4.52 Å². The maximum Gasteiger partial charge on any atom is 0.249 e. The van der Waals surface area contributed by atoms with E-state index in [2.05, 4.69) is 17.1 Å². The number of likely N-dealkylation sites (tertiary alicyclic amines) is 2. The summed E-state index contributed by atoms with van der Waals surface area (Å²) in [5.41, 5.74) is 0. The molecule has 0 aromatic carbocycles. The number of aromatic nitrogens is 2. The van der Waals surface area contributed by atoms with E-state index in [-0.39, 0.29) is 36.7 Å². The molecule has 1 N–H and O–H groups in total. The molecule has 1 aromatic rings. The molecule has 2 fully saturated rings. The number of rotatable bonds is 5. The van der Waals surface area contributed by atoms with Gasteiger partial charge in [0.05, 0.1) is 12.0 Å². The van der Waals surface area contributed by atoms with Crippen molar-refractivity contribution in [3.05, 3.63) is 11.7 Å². The summed E-state index contributed by atoms with van der Waals surface area (Å²) >= 11 is 0. The second kappa shape index (κ2) is 7.11. The summed E-state index contributed by atoms with van der Waals surface area (Å²) in [4.78, 5) is 32.9. The Morgan fingerprint density at radius 1 is 1.44 bits per heavy atom. The molecule has 2 amide bonds. The van der Waals surface area contributed by atoms with Crippen LogP contribution in [-0.4, -0.2) is 62.1 Å². The maximum atomic E-state index is 13.0. The first-order valence-electron chi connectivity index (χ1n) is 8.98. The zero-order valence-electron chi connectivity index (χ0n) is 15.0. The number of aliphatic hydroxyl groups excluding tert-OH is 1. The van der Waals surface area contributed by atoms with Gasteiger partial charge in [-0.05, 0) is 20.3 Å². The molecule has 8 nitrogen and oxygen atoms in total. The lowest BCUT2D eigenvalue weighted by atomic mass is 10.1. The molecule has 2 saturated heterocycles. The smallest absolute Gasteiger partial charge is 0.249 e. The molecule has 25 heavy (non-hydrogen) atoms. The van der Waals surface area contributed by atoms with Crippen LogP contribution in [0.4, 0.5) is 0 Å². The fraction of sp³-hybridized carbons (Fsp3) is 0.765. The third-order valence-electron chi connectivity index (χ3n) is 5.14. The highest BCUT2D eigenvalue weighted by molar-refractivity contribution is 5.89. The molecule has 0 aliphatic carbocycles. The molecule has 0 unspecified atom stereocenters. The Morgan fingerprint density at radius 3 is 2.84 bits per heavy atom. The first kappa shape index (κ1) is 17.8. The molecule has 2 aliphatic rings. The molecule has 0 radical (unpaired) electrons. The summed E-state index contributed by atoms with van der Waals surface area (Å²) in [5.74, 6) is 0.395. The van der Waals surface area contributed by atoms with E-state index in [0.717, 1.165) is 12.8 Å². The van der Waals surface area contributed by atoms with Gasteiger partial charge in [-0.2, -0.15) is 4.98 Å². The Morgan fingerprint density at radius 2 is 2.20 bits per heavy atom. The molecular formula is C17H26N4O4. The van der Waals surface area contributed by atoms with E-state index < -0.39 is 12.1 Å². The molecule has 2 aliphatic heterocycles. The van der Waals surface area contributed by atoms with Gasteiger partial charge in [0.2, 0.25) is 17.7 Å². The first-order valence-corrected chi connectivity index (χ1v) is 8.98. The van der Waals surface area contributed by atoms with Crippen molar-refractivity contribution in [3.63, 3.8) is 0 Å². The van der Waals surface area contributed by atoms with E-state index in [1.807, 2.05) is 11.8 Å². The van der Waals surface area contributed by atoms with Crippen molar-refractivity contribution in [2.45, 2.75) is 64.6 Å². The molecule has 0 saturated carbocycles. The Kier molecular flexibility index (Phi) is 5.08. The third kappa shape index (κ3) is 3.53. The number of aryl methyl sites for hydroxylation is 1. The van der Waals surface area contributed by atoms with Crippen LogP contribution in [0.3, 0.4) is 0 Å². The van der Waals surface area contributed by atoms with Gasteiger partial charge in [0, 0.05) is 32.0 Å². The van der Waals surface area contributed by atoms with E-state index in [1.54, 1.807) is 11.8 Å². The maximum absolute atomic E-state index is 13.0. The van der Waals surface area contributed by atoms with Crippen LogP contribution in [-0.2, 0) is 9.59 Å². The van der Waals surface area contributed by atoms with Crippen molar-refractivity contribution < 1.29 is 19.2 Å². The Balaban J connectivity index is 1.72. The first-order chi connectivity index (χ1) is 11.9. The second-order valence-electron chi connectivity index (χ2n) is 7.16. The van der Waals surface area contributed by atoms with Gasteiger partial charge < -0.3 is 19.4 Å². The van der Waals surface area contributed by atoms with Gasteiger partial charge in [0.15, 0.2) is 5.82 Å². The lowest BCUT2D eigenvalue weighted by Gasteiger charge is -2.26. The topological polar surface area (TPSA) is 99.8 Å². The van der Waals surface area contributed by atoms with E-state index in [1.165, 1.54) is 0 Å². The van der Waals surface area contributed by atoms with Gasteiger partial charge in [-0.25, -0.2) is 0 Å². The highest BCUT2D eigenvalue weighted by Crippen LogP contribution is 2.34. The van der Waals surface area contributed by atoms with E-state index in [9.17, 15) is 14.7 Å². The summed E-state index contributed by atoms with van der Waals surface area (Å²) in [5, 5.41) is 13.8. The van der Waals surface area contributed by atoms with Crippen molar-refractivity contribution in [2.75, 3.05) is 13.1 Å². The normalized spacial score (nSPS) is 28.0. The van der Waals surface area contributed by atoms with E-state index >= 15 is 0 Å². The fourth-order valence-corrected chi connectivity index (χ4v) is 3.87. The minimum absolute atomic E-state index is 0.0317.